The molecule has 2 atom stereocenters. The summed E-state index contributed by atoms with van der Waals surface area (Å²) in [5.41, 5.74) is 10.6. The molecule has 2 amide bonds. The molecule has 0 radical (unpaired) electrons. The number of fused-ring (bicyclic) bond motifs is 1. The molecule has 1 aliphatic carbocycles. The third kappa shape index (κ3) is 2.20. The minimum Gasteiger partial charge on any atom is -0.442 e. The van der Waals surface area contributed by atoms with Crippen molar-refractivity contribution in [1.29, 1.82) is 0 Å². The maximum absolute atomic E-state index is 13.7. The normalized spacial score (nSPS) is 21.2. The van der Waals surface area contributed by atoms with Crippen molar-refractivity contribution in [3.05, 3.63) is 35.1 Å². The van der Waals surface area contributed by atoms with Crippen molar-refractivity contribution in [1.82, 2.24) is 0 Å². The summed E-state index contributed by atoms with van der Waals surface area (Å²) in [6.07, 6.45) is -3.80. The van der Waals surface area contributed by atoms with Crippen LogP contribution in [0.1, 0.15) is 17.2 Å². The van der Waals surface area contributed by atoms with E-state index in [9.17, 15) is 14.0 Å². The topological polar surface area (TPSA) is 105 Å². The number of carbonyl (C=O) groups is 2. The van der Waals surface area contributed by atoms with Crippen LogP contribution in [0.3, 0.4) is 0 Å². The third-order valence-electron chi connectivity index (χ3n) is 2.70. The minimum absolute atomic E-state index is 0.169. The van der Waals surface area contributed by atoms with Crippen molar-refractivity contribution in [3.63, 3.8) is 0 Å². The van der Waals surface area contributed by atoms with Gasteiger partial charge in [-0.25, -0.2) is 14.0 Å². The van der Waals surface area contributed by atoms with Crippen LogP contribution < -0.4 is 11.5 Å². The smallest absolute Gasteiger partial charge is 0.405 e. The van der Waals surface area contributed by atoms with Gasteiger partial charge in [0.2, 0.25) is 0 Å². The van der Waals surface area contributed by atoms with Gasteiger partial charge in [-0.15, -0.1) is 0 Å². The highest BCUT2D eigenvalue weighted by Crippen LogP contribution is 2.37. The first-order chi connectivity index (χ1) is 8.49. The molecule has 0 unspecified atom stereocenters. The van der Waals surface area contributed by atoms with E-state index in [1.807, 2.05) is 0 Å². The highest BCUT2D eigenvalue weighted by molar-refractivity contribution is 5.67. The van der Waals surface area contributed by atoms with Crippen LogP contribution in [0.4, 0.5) is 14.0 Å². The Labute approximate surface area is 102 Å². The summed E-state index contributed by atoms with van der Waals surface area (Å²) in [4.78, 5) is 21.6. The molecule has 96 valence electrons. The van der Waals surface area contributed by atoms with Gasteiger partial charge in [-0.1, -0.05) is 12.1 Å². The van der Waals surface area contributed by atoms with Gasteiger partial charge in [0.05, 0.1) is 0 Å². The quantitative estimate of drug-likeness (QED) is 0.820. The summed E-state index contributed by atoms with van der Waals surface area (Å²) >= 11 is 0. The third-order valence-corrected chi connectivity index (χ3v) is 2.70. The SMILES string of the molecule is NC(=O)O[C@H]1Cc2cccc(F)c2[C@H]1OC(N)=O. The average Bonchev–Trinajstić information content (AvgIpc) is 2.56. The zero-order chi connectivity index (χ0) is 13.3. The Morgan fingerprint density at radius 2 is 1.89 bits per heavy atom. The lowest BCUT2D eigenvalue weighted by Gasteiger charge is -2.19. The number of hydrogen-bond acceptors (Lipinski definition) is 4. The average molecular weight is 254 g/mol. The molecule has 18 heavy (non-hydrogen) atoms. The maximum atomic E-state index is 13.7. The summed E-state index contributed by atoms with van der Waals surface area (Å²) in [5, 5.41) is 0. The summed E-state index contributed by atoms with van der Waals surface area (Å²) in [5.74, 6) is -0.547. The van der Waals surface area contributed by atoms with Crippen molar-refractivity contribution in [2.45, 2.75) is 18.6 Å². The highest BCUT2D eigenvalue weighted by atomic mass is 19.1. The van der Waals surface area contributed by atoms with E-state index in [1.165, 1.54) is 12.1 Å². The molecular formula is C11H11FN2O4. The van der Waals surface area contributed by atoms with Crippen LogP contribution in [0.5, 0.6) is 0 Å². The Balaban J connectivity index is 2.35. The lowest BCUT2D eigenvalue weighted by Crippen LogP contribution is -2.30. The molecule has 0 saturated carbocycles. The lowest BCUT2D eigenvalue weighted by molar-refractivity contribution is 0.00451. The zero-order valence-corrected chi connectivity index (χ0v) is 9.26. The Morgan fingerprint density at radius 3 is 2.50 bits per heavy atom. The van der Waals surface area contributed by atoms with Crippen molar-refractivity contribution < 1.29 is 23.5 Å². The van der Waals surface area contributed by atoms with Crippen LogP contribution in [0, 0.1) is 5.82 Å². The second-order valence-corrected chi connectivity index (χ2v) is 3.85. The zero-order valence-electron chi connectivity index (χ0n) is 9.26. The molecule has 0 bridgehead atoms. The van der Waals surface area contributed by atoms with Gasteiger partial charge in [0.25, 0.3) is 0 Å². The molecule has 7 heteroatoms. The number of halogens is 1. The van der Waals surface area contributed by atoms with Crippen molar-refractivity contribution in [2.75, 3.05) is 0 Å². The second kappa shape index (κ2) is 4.52. The minimum atomic E-state index is -1.07. The summed E-state index contributed by atoms with van der Waals surface area (Å²) < 4.78 is 23.3. The van der Waals surface area contributed by atoms with Crippen LogP contribution in [-0.2, 0) is 15.9 Å². The van der Waals surface area contributed by atoms with Crippen LogP contribution in [0.15, 0.2) is 18.2 Å². The molecule has 0 heterocycles. The molecule has 0 saturated heterocycles. The number of benzene rings is 1. The van der Waals surface area contributed by atoms with E-state index in [0.29, 0.717) is 5.56 Å². The number of amides is 2. The molecule has 1 aromatic carbocycles. The fourth-order valence-electron chi connectivity index (χ4n) is 2.10. The Kier molecular flexibility index (Phi) is 3.05. The highest BCUT2D eigenvalue weighted by Gasteiger charge is 2.39. The summed E-state index contributed by atoms with van der Waals surface area (Å²) in [6, 6.07) is 4.39. The van der Waals surface area contributed by atoms with E-state index in [4.69, 9.17) is 20.9 Å². The molecule has 0 aromatic heterocycles. The Hall–Kier alpha value is -2.31. The fourth-order valence-corrected chi connectivity index (χ4v) is 2.10. The molecular weight excluding hydrogens is 243 g/mol. The van der Waals surface area contributed by atoms with E-state index in [2.05, 4.69) is 0 Å². The van der Waals surface area contributed by atoms with Crippen LogP contribution in [0.25, 0.3) is 0 Å². The summed E-state index contributed by atoms with van der Waals surface area (Å²) in [6.45, 7) is 0. The molecule has 2 rings (SSSR count). The lowest BCUT2D eigenvalue weighted by atomic mass is 10.1. The monoisotopic (exact) mass is 254 g/mol. The molecule has 0 aliphatic heterocycles. The second-order valence-electron chi connectivity index (χ2n) is 3.85. The van der Waals surface area contributed by atoms with Gasteiger partial charge in [0, 0.05) is 12.0 Å². The van der Waals surface area contributed by atoms with E-state index < -0.39 is 30.2 Å². The first kappa shape index (κ1) is 12.2. The van der Waals surface area contributed by atoms with E-state index in [1.54, 1.807) is 6.07 Å². The van der Waals surface area contributed by atoms with Gasteiger partial charge in [-0.05, 0) is 11.6 Å². The molecule has 0 fully saturated rings. The van der Waals surface area contributed by atoms with Gasteiger partial charge in [-0.2, -0.15) is 0 Å². The number of carbonyl (C=O) groups excluding carboxylic acids is 2. The number of primary amides is 2. The number of nitrogens with two attached hydrogens (primary N) is 2. The van der Waals surface area contributed by atoms with Crippen molar-refractivity contribution >= 4 is 12.2 Å². The standard InChI is InChI=1S/C11H11FN2O4/c12-6-3-1-2-5-4-7(17-10(13)15)9(8(5)6)18-11(14)16/h1-3,7,9H,4H2,(H2,13,15)(H2,14,16)/t7-,9-/m0/s1. The van der Waals surface area contributed by atoms with E-state index in [0.717, 1.165) is 0 Å². The molecule has 6 nitrogen and oxygen atoms in total. The molecule has 1 aliphatic rings. The molecule has 1 aromatic rings. The van der Waals surface area contributed by atoms with Crippen LogP contribution in [0.2, 0.25) is 0 Å². The number of rotatable bonds is 2. The largest absolute Gasteiger partial charge is 0.442 e. The van der Waals surface area contributed by atoms with Crippen molar-refractivity contribution in [2.24, 2.45) is 11.5 Å². The predicted molar refractivity (Wildman–Crippen MR) is 58.0 cm³/mol. The summed E-state index contributed by atoms with van der Waals surface area (Å²) in [7, 11) is 0. The first-order valence-corrected chi connectivity index (χ1v) is 5.18. The van der Waals surface area contributed by atoms with Gasteiger partial charge < -0.3 is 20.9 Å². The van der Waals surface area contributed by atoms with Crippen LogP contribution >= 0.6 is 0 Å². The van der Waals surface area contributed by atoms with Gasteiger partial charge in [0.1, 0.15) is 11.9 Å². The molecule has 4 N–H and O–H groups in total. The van der Waals surface area contributed by atoms with Crippen molar-refractivity contribution in [3.8, 4) is 0 Å². The van der Waals surface area contributed by atoms with E-state index in [-0.39, 0.29) is 12.0 Å². The Bertz CT molecular complexity index is 506. The maximum Gasteiger partial charge on any atom is 0.405 e. The first-order valence-electron chi connectivity index (χ1n) is 5.18. The van der Waals surface area contributed by atoms with Gasteiger partial charge >= 0.3 is 12.2 Å². The van der Waals surface area contributed by atoms with Crippen LogP contribution in [-0.4, -0.2) is 18.3 Å². The predicted octanol–water partition coefficient (Wildman–Crippen LogP) is 0.982. The number of hydrogen-bond donors (Lipinski definition) is 2. The number of ether oxygens (including phenoxy) is 2. The van der Waals surface area contributed by atoms with E-state index >= 15 is 0 Å². The Morgan fingerprint density at radius 1 is 1.22 bits per heavy atom. The van der Waals surface area contributed by atoms with Gasteiger partial charge in [-0.3, -0.25) is 0 Å². The fraction of sp³-hybridized carbons (Fsp3) is 0.273. The molecule has 0 spiro atoms. The van der Waals surface area contributed by atoms with Gasteiger partial charge in [0.15, 0.2) is 6.10 Å².